The zero-order valence-electron chi connectivity index (χ0n) is 8.18. The highest BCUT2D eigenvalue weighted by molar-refractivity contribution is 14.1. The standard InChI is InChI=1S/C11H17IO/c1-13-11-5-8-2-9(6-11)4-10(12,3-8)7-11/h8-9H,2-7H2,1H3. The first-order chi connectivity index (χ1) is 6.13. The van der Waals surface area contributed by atoms with Gasteiger partial charge in [-0.1, -0.05) is 22.6 Å². The third-order valence-electron chi connectivity index (χ3n) is 4.37. The van der Waals surface area contributed by atoms with E-state index in [9.17, 15) is 0 Å². The van der Waals surface area contributed by atoms with Crippen LogP contribution in [0.25, 0.3) is 0 Å². The highest BCUT2D eigenvalue weighted by Crippen LogP contribution is 2.61. The van der Waals surface area contributed by atoms with Crippen LogP contribution in [0.15, 0.2) is 0 Å². The molecule has 0 aliphatic heterocycles. The predicted molar refractivity (Wildman–Crippen MR) is 61.2 cm³/mol. The third-order valence-corrected chi connectivity index (χ3v) is 5.63. The Bertz CT molecular complexity index is 224. The molecule has 2 atom stereocenters. The van der Waals surface area contributed by atoms with Gasteiger partial charge in [-0.05, 0) is 50.4 Å². The monoisotopic (exact) mass is 292 g/mol. The van der Waals surface area contributed by atoms with Crippen LogP contribution in [0, 0.1) is 11.8 Å². The summed E-state index contributed by atoms with van der Waals surface area (Å²) in [6.07, 6.45) is 8.46. The number of alkyl halides is 1. The maximum absolute atomic E-state index is 5.81. The van der Waals surface area contributed by atoms with E-state index in [0.29, 0.717) is 9.02 Å². The smallest absolute Gasteiger partial charge is 0.0696 e. The first-order valence-corrected chi connectivity index (χ1v) is 6.45. The van der Waals surface area contributed by atoms with E-state index < -0.39 is 0 Å². The molecule has 0 aromatic heterocycles. The highest BCUT2D eigenvalue weighted by Gasteiger charge is 2.56. The van der Waals surface area contributed by atoms with Crippen molar-refractivity contribution in [2.45, 2.75) is 47.5 Å². The van der Waals surface area contributed by atoms with E-state index in [2.05, 4.69) is 22.6 Å². The number of methoxy groups -OCH3 is 1. The quantitative estimate of drug-likeness (QED) is 0.533. The summed E-state index contributed by atoms with van der Waals surface area (Å²) in [7, 11) is 1.92. The number of hydrogen-bond donors (Lipinski definition) is 0. The van der Waals surface area contributed by atoms with Gasteiger partial charge in [0, 0.05) is 10.5 Å². The fourth-order valence-electron chi connectivity index (χ4n) is 4.31. The van der Waals surface area contributed by atoms with Crippen molar-refractivity contribution in [3.8, 4) is 0 Å². The Morgan fingerprint density at radius 3 is 2.23 bits per heavy atom. The summed E-state index contributed by atoms with van der Waals surface area (Å²) >= 11 is 2.72. The van der Waals surface area contributed by atoms with E-state index >= 15 is 0 Å². The summed E-state index contributed by atoms with van der Waals surface area (Å²) in [6, 6.07) is 0. The Morgan fingerprint density at radius 1 is 1.15 bits per heavy atom. The van der Waals surface area contributed by atoms with Gasteiger partial charge < -0.3 is 4.74 Å². The van der Waals surface area contributed by atoms with Crippen LogP contribution in [0.5, 0.6) is 0 Å². The number of hydrogen-bond acceptors (Lipinski definition) is 1. The minimum atomic E-state index is 0.297. The Labute approximate surface area is 93.7 Å². The van der Waals surface area contributed by atoms with Crippen LogP contribution in [0.1, 0.15) is 38.5 Å². The molecule has 0 spiro atoms. The van der Waals surface area contributed by atoms with E-state index in [1.807, 2.05) is 7.11 Å². The molecule has 0 radical (unpaired) electrons. The summed E-state index contributed by atoms with van der Waals surface area (Å²) in [5.41, 5.74) is 0.297. The van der Waals surface area contributed by atoms with Crippen molar-refractivity contribution < 1.29 is 4.74 Å². The minimum absolute atomic E-state index is 0.297. The number of halogens is 1. The van der Waals surface area contributed by atoms with Gasteiger partial charge in [-0.3, -0.25) is 0 Å². The van der Waals surface area contributed by atoms with Crippen molar-refractivity contribution in [2.75, 3.05) is 7.11 Å². The Hall–Kier alpha value is 0.690. The lowest BCUT2D eigenvalue weighted by Crippen LogP contribution is -2.57. The van der Waals surface area contributed by atoms with Crippen molar-refractivity contribution in [1.82, 2.24) is 0 Å². The molecule has 0 aromatic rings. The van der Waals surface area contributed by atoms with Crippen LogP contribution in [-0.4, -0.2) is 16.1 Å². The molecule has 2 heteroatoms. The molecule has 4 bridgehead atoms. The van der Waals surface area contributed by atoms with Crippen LogP contribution in [0.2, 0.25) is 0 Å². The largest absolute Gasteiger partial charge is 0.378 e. The van der Waals surface area contributed by atoms with Crippen LogP contribution in [-0.2, 0) is 4.74 Å². The molecule has 4 saturated carbocycles. The average Bonchev–Trinajstić information content (AvgIpc) is 1.99. The van der Waals surface area contributed by atoms with Gasteiger partial charge in [0.25, 0.3) is 0 Å². The molecule has 13 heavy (non-hydrogen) atoms. The zero-order valence-corrected chi connectivity index (χ0v) is 10.3. The molecular formula is C11H17IO. The van der Waals surface area contributed by atoms with Gasteiger partial charge in [0.2, 0.25) is 0 Å². The van der Waals surface area contributed by atoms with E-state index in [0.717, 1.165) is 11.8 Å². The molecule has 74 valence electrons. The molecule has 4 aliphatic carbocycles. The third kappa shape index (κ3) is 1.28. The van der Waals surface area contributed by atoms with E-state index in [1.54, 1.807) is 0 Å². The second-order valence-corrected chi connectivity index (χ2v) is 7.79. The molecule has 2 unspecified atom stereocenters. The van der Waals surface area contributed by atoms with Crippen molar-refractivity contribution in [2.24, 2.45) is 11.8 Å². The van der Waals surface area contributed by atoms with E-state index in [4.69, 9.17) is 4.74 Å². The molecule has 0 aromatic carbocycles. The second kappa shape index (κ2) is 2.63. The van der Waals surface area contributed by atoms with Crippen LogP contribution in [0.3, 0.4) is 0 Å². The van der Waals surface area contributed by atoms with Crippen LogP contribution >= 0.6 is 22.6 Å². The predicted octanol–water partition coefficient (Wildman–Crippen LogP) is 3.16. The molecule has 4 aliphatic rings. The van der Waals surface area contributed by atoms with Gasteiger partial charge in [0.15, 0.2) is 0 Å². The molecule has 0 amide bonds. The summed E-state index contributed by atoms with van der Waals surface area (Å²) < 4.78 is 6.42. The first kappa shape index (κ1) is 8.96. The minimum Gasteiger partial charge on any atom is -0.378 e. The lowest BCUT2D eigenvalue weighted by atomic mass is 9.54. The van der Waals surface area contributed by atoms with Crippen molar-refractivity contribution in [3.05, 3.63) is 0 Å². The normalized spacial score (nSPS) is 58.6. The number of rotatable bonds is 1. The fraction of sp³-hybridized carbons (Fsp3) is 1.00. The Kier molecular flexibility index (Phi) is 1.81. The lowest BCUT2D eigenvalue weighted by Gasteiger charge is -2.59. The van der Waals surface area contributed by atoms with Crippen molar-refractivity contribution >= 4 is 22.6 Å². The molecule has 1 nitrogen and oxygen atoms in total. The summed E-state index contributed by atoms with van der Waals surface area (Å²) in [5, 5.41) is 0. The van der Waals surface area contributed by atoms with Gasteiger partial charge in [0.1, 0.15) is 0 Å². The lowest BCUT2D eigenvalue weighted by molar-refractivity contribution is -0.133. The Morgan fingerprint density at radius 2 is 1.77 bits per heavy atom. The van der Waals surface area contributed by atoms with Gasteiger partial charge in [-0.25, -0.2) is 0 Å². The Balaban J connectivity index is 1.95. The summed E-state index contributed by atoms with van der Waals surface area (Å²) in [5.74, 6) is 1.97. The maximum Gasteiger partial charge on any atom is 0.0696 e. The molecule has 0 saturated heterocycles. The number of ether oxygens (including phenoxy) is 1. The highest BCUT2D eigenvalue weighted by atomic mass is 127. The topological polar surface area (TPSA) is 9.23 Å². The summed E-state index contributed by atoms with van der Waals surface area (Å²) in [6.45, 7) is 0. The van der Waals surface area contributed by atoms with Crippen molar-refractivity contribution in [3.63, 3.8) is 0 Å². The molecule has 0 heterocycles. The molecular weight excluding hydrogens is 275 g/mol. The van der Waals surface area contributed by atoms with Gasteiger partial charge in [-0.2, -0.15) is 0 Å². The molecule has 4 rings (SSSR count). The van der Waals surface area contributed by atoms with E-state index in [-0.39, 0.29) is 0 Å². The molecule has 4 fully saturated rings. The van der Waals surface area contributed by atoms with Crippen LogP contribution in [0.4, 0.5) is 0 Å². The van der Waals surface area contributed by atoms with Crippen molar-refractivity contribution in [1.29, 1.82) is 0 Å². The van der Waals surface area contributed by atoms with Gasteiger partial charge in [0.05, 0.1) is 5.60 Å². The maximum atomic E-state index is 5.81. The van der Waals surface area contributed by atoms with Gasteiger partial charge >= 0.3 is 0 Å². The zero-order chi connectivity index (χ0) is 9.10. The fourth-order valence-corrected chi connectivity index (χ4v) is 6.25. The van der Waals surface area contributed by atoms with Gasteiger partial charge in [-0.15, -0.1) is 0 Å². The van der Waals surface area contributed by atoms with E-state index in [1.165, 1.54) is 38.5 Å². The average molecular weight is 292 g/mol. The molecule has 0 N–H and O–H groups in total. The SMILES string of the molecule is COC12CC3CC(CC(I)(C3)C1)C2. The van der Waals surface area contributed by atoms with Crippen LogP contribution < -0.4 is 0 Å². The second-order valence-electron chi connectivity index (χ2n) is 5.50. The first-order valence-electron chi connectivity index (χ1n) is 5.37. The summed E-state index contributed by atoms with van der Waals surface area (Å²) in [4.78, 5) is 0.